The van der Waals surface area contributed by atoms with E-state index in [2.05, 4.69) is 9.88 Å². The first-order valence-electron chi connectivity index (χ1n) is 6.07. The summed E-state index contributed by atoms with van der Waals surface area (Å²) < 4.78 is 2.10. The van der Waals surface area contributed by atoms with Crippen LogP contribution in [0.25, 0.3) is 0 Å². The Labute approximate surface area is 102 Å². The van der Waals surface area contributed by atoms with E-state index in [4.69, 9.17) is 5.11 Å². The van der Waals surface area contributed by atoms with Gasteiger partial charge in [0.15, 0.2) is 12.4 Å². The van der Waals surface area contributed by atoms with Crippen molar-refractivity contribution in [2.24, 2.45) is 0 Å². The van der Waals surface area contributed by atoms with Crippen molar-refractivity contribution in [2.45, 2.75) is 38.8 Å². The molecule has 0 aliphatic heterocycles. The molecular weight excluding hydrogens is 216 g/mol. The van der Waals surface area contributed by atoms with E-state index in [0.29, 0.717) is 13.0 Å². The predicted molar refractivity (Wildman–Crippen MR) is 65.2 cm³/mol. The van der Waals surface area contributed by atoms with Crippen molar-refractivity contribution in [3.63, 3.8) is 0 Å². The fourth-order valence-corrected chi connectivity index (χ4v) is 1.51. The molecule has 1 heterocycles. The lowest BCUT2D eigenvalue weighted by molar-refractivity contribution is -0.697. The van der Waals surface area contributed by atoms with E-state index in [1.807, 2.05) is 30.6 Å². The van der Waals surface area contributed by atoms with Gasteiger partial charge in [-0.15, -0.1) is 0 Å². The topological polar surface area (TPSA) is 53.2 Å². The number of pyridine rings is 1. The minimum Gasteiger partial charge on any atom is -0.392 e. The predicted octanol–water partition coefficient (Wildman–Crippen LogP) is 0.641. The first kappa shape index (κ1) is 13.6. The molecule has 0 bridgehead atoms. The summed E-state index contributed by atoms with van der Waals surface area (Å²) in [4.78, 5) is 11.3. The van der Waals surface area contributed by atoms with Crippen LogP contribution in [-0.4, -0.2) is 23.7 Å². The fourth-order valence-electron chi connectivity index (χ4n) is 1.51. The maximum absolute atomic E-state index is 11.3. The minimum absolute atomic E-state index is 0.0176. The number of aliphatic hydroxyl groups excluding tert-OH is 1. The van der Waals surface area contributed by atoms with Crippen LogP contribution >= 0.6 is 0 Å². The van der Waals surface area contributed by atoms with Crippen molar-refractivity contribution in [2.75, 3.05) is 6.54 Å². The molecule has 1 unspecified atom stereocenters. The second kappa shape index (κ2) is 7.79. The van der Waals surface area contributed by atoms with Crippen molar-refractivity contribution in [1.29, 1.82) is 0 Å². The molecule has 1 rings (SSSR count). The molecule has 94 valence electrons. The first-order valence-corrected chi connectivity index (χ1v) is 6.07. The molecule has 0 aliphatic rings. The number of unbranched alkanes of at least 4 members (excludes halogenated alkanes) is 1. The third-order valence-electron chi connectivity index (χ3n) is 2.44. The van der Waals surface area contributed by atoms with E-state index in [1.54, 1.807) is 6.92 Å². The third kappa shape index (κ3) is 6.68. The molecule has 1 aromatic rings. The van der Waals surface area contributed by atoms with Crippen LogP contribution in [0.1, 0.15) is 26.2 Å². The van der Waals surface area contributed by atoms with Crippen molar-refractivity contribution >= 4 is 5.91 Å². The summed E-state index contributed by atoms with van der Waals surface area (Å²) in [5.41, 5.74) is 0. The Morgan fingerprint density at radius 1 is 1.29 bits per heavy atom. The SMILES string of the molecule is CC(O)CNC(=O)CCCC[n+]1ccccc1. The summed E-state index contributed by atoms with van der Waals surface area (Å²) in [7, 11) is 0. The van der Waals surface area contributed by atoms with Crippen LogP contribution in [0.15, 0.2) is 30.6 Å². The lowest BCUT2D eigenvalue weighted by Gasteiger charge is -2.06. The van der Waals surface area contributed by atoms with Crippen LogP contribution in [0, 0.1) is 0 Å². The lowest BCUT2D eigenvalue weighted by atomic mass is 10.2. The van der Waals surface area contributed by atoms with Gasteiger partial charge in [0, 0.05) is 31.5 Å². The summed E-state index contributed by atoms with van der Waals surface area (Å²) in [5, 5.41) is 11.7. The van der Waals surface area contributed by atoms with Crippen LogP contribution in [0.4, 0.5) is 0 Å². The van der Waals surface area contributed by atoms with Crippen molar-refractivity contribution < 1.29 is 14.5 Å². The van der Waals surface area contributed by atoms with Gasteiger partial charge < -0.3 is 10.4 Å². The number of nitrogens with one attached hydrogen (secondary N) is 1. The molecule has 0 aliphatic carbocycles. The van der Waals surface area contributed by atoms with Gasteiger partial charge in [0.2, 0.25) is 5.91 Å². The normalized spacial score (nSPS) is 12.1. The van der Waals surface area contributed by atoms with E-state index in [1.165, 1.54) is 0 Å². The molecule has 1 atom stereocenters. The summed E-state index contributed by atoms with van der Waals surface area (Å²) in [6, 6.07) is 5.98. The lowest BCUT2D eigenvalue weighted by Crippen LogP contribution is -2.33. The molecule has 17 heavy (non-hydrogen) atoms. The second-order valence-electron chi connectivity index (χ2n) is 4.22. The second-order valence-corrected chi connectivity index (χ2v) is 4.22. The summed E-state index contributed by atoms with van der Waals surface area (Å²) in [5.74, 6) is 0.0176. The molecule has 2 N–H and O–H groups in total. The summed E-state index contributed by atoms with van der Waals surface area (Å²) in [6.07, 6.45) is 5.95. The van der Waals surface area contributed by atoms with E-state index >= 15 is 0 Å². The van der Waals surface area contributed by atoms with Gasteiger partial charge in [0.25, 0.3) is 0 Å². The average molecular weight is 237 g/mol. The molecule has 1 amide bonds. The Kier molecular flexibility index (Phi) is 6.25. The number of aliphatic hydroxyl groups is 1. The van der Waals surface area contributed by atoms with Gasteiger partial charge in [0.05, 0.1) is 6.10 Å². The fraction of sp³-hybridized carbons (Fsp3) is 0.538. The van der Waals surface area contributed by atoms with Gasteiger partial charge in [-0.1, -0.05) is 6.07 Å². The number of hydrogen-bond donors (Lipinski definition) is 2. The molecular formula is C13H21N2O2+. The molecule has 0 saturated heterocycles. The Bertz CT molecular complexity index is 325. The van der Waals surface area contributed by atoms with Crippen molar-refractivity contribution in [1.82, 2.24) is 5.32 Å². The van der Waals surface area contributed by atoms with Crippen LogP contribution in [-0.2, 0) is 11.3 Å². The van der Waals surface area contributed by atoms with Crippen molar-refractivity contribution in [3.05, 3.63) is 30.6 Å². The monoisotopic (exact) mass is 237 g/mol. The number of aromatic nitrogens is 1. The molecule has 4 heteroatoms. The van der Waals surface area contributed by atoms with Gasteiger partial charge in [-0.25, -0.2) is 4.57 Å². The van der Waals surface area contributed by atoms with Crippen LogP contribution in [0.2, 0.25) is 0 Å². The van der Waals surface area contributed by atoms with Crippen LogP contribution in [0.5, 0.6) is 0 Å². The zero-order chi connectivity index (χ0) is 12.5. The zero-order valence-corrected chi connectivity index (χ0v) is 10.3. The minimum atomic E-state index is -0.473. The Morgan fingerprint density at radius 2 is 2.00 bits per heavy atom. The zero-order valence-electron chi connectivity index (χ0n) is 10.3. The number of aryl methyl sites for hydroxylation is 1. The quantitative estimate of drug-likeness (QED) is 0.540. The summed E-state index contributed by atoms with van der Waals surface area (Å²) >= 11 is 0. The number of nitrogens with zero attached hydrogens (tertiary/aromatic N) is 1. The Hall–Kier alpha value is -1.42. The number of amides is 1. The maximum atomic E-state index is 11.3. The smallest absolute Gasteiger partial charge is 0.220 e. The molecule has 4 nitrogen and oxygen atoms in total. The van der Waals surface area contributed by atoms with E-state index in [0.717, 1.165) is 19.4 Å². The van der Waals surface area contributed by atoms with E-state index in [-0.39, 0.29) is 5.91 Å². The number of carbonyl (C=O) groups excluding carboxylic acids is 1. The molecule has 0 fully saturated rings. The van der Waals surface area contributed by atoms with Crippen LogP contribution in [0.3, 0.4) is 0 Å². The van der Waals surface area contributed by atoms with E-state index in [9.17, 15) is 4.79 Å². The first-order chi connectivity index (χ1) is 8.18. The highest BCUT2D eigenvalue weighted by Gasteiger charge is 2.04. The molecule has 1 aromatic heterocycles. The van der Waals surface area contributed by atoms with Gasteiger partial charge in [-0.2, -0.15) is 0 Å². The molecule has 0 aromatic carbocycles. The highest BCUT2D eigenvalue weighted by atomic mass is 16.3. The highest BCUT2D eigenvalue weighted by Crippen LogP contribution is 1.95. The van der Waals surface area contributed by atoms with Crippen molar-refractivity contribution in [3.8, 4) is 0 Å². The van der Waals surface area contributed by atoms with Gasteiger partial charge in [0.1, 0.15) is 6.54 Å². The maximum Gasteiger partial charge on any atom is 0.220 e. The molecule has 0 spiro atoms. The van der Waals surface area contributed by atoms with Gasteiger partial charge in [-0.05, 0) is 13.3 Å². The molecule has 0 radical (unpaired) electrons. The summed E-state index contributed by atoms with van der Waals surface area (Å²) in [6.45, 7) is 2.93. The van der Waals surface area contributed by atoms with E-state index < -0.39 is 6.10 Å². The van der Waals surface area contributed by atoms with Gasteiger partial charge in [-0.3, -0.25) is 4.79 Å². The Balaban J connectivity index is 2.06. The van der Waals surface area contributed by atoms with Crippen LogP contribution < -0.4 is 9.88 Å². The number of hydrogen-bond acceptors (Lipinski definition) is 2. The van der Waals surface area contributed by atoms with Gasteiger partial charge >= 0.3 is 0 Å². The molecule has 0 saturated carbocycles. The third-order valence-corrected chi connectivity index (χ3v) is 2.44. The number of rotatable bonds is 7. The average Bonchev–Trinajstić information content (AvgIpc) is 2.33. The Morgan fingerprint density at radius 3 is 2.65 bits per heavy atom. The largest absolute Gasteiger partial charge is 0.392 e. The standard InChI is InChI=1S/C13H20N2O2/c1-12(16)11-14-13(17)7-3-6-10-15-8-4-2-5-9-15/h2,4-5,8-9,12,16H,3,6-7,10-11H2,1H3/p+1. The highest BCUT2D eigenvalue weighted by molar-refractivity contribution is 5.75. The number of carbonyl (C=O) groups is 1.